The molecule has 0 aliphatic rings. The Labute approximate surface area is 195 Å². The minimum Gasteiger partial charge on any atom is -0.508 e. The highest BCUT2D eigenvalue weighted by molar-refractivity contribution is 5.92. The molecule has 3 atom stereocenters. The van der Waals surface area contributed by atoms with E-state index in [2.05, 4.69) is 10.6 Å². The number of phenols is 2. The number of nitrogens with one attached hydrogen (secondary N) is 2. The third kappa shape index (κ3) is 8.43. The topological polar surface area (TPSA) is 199 Å². The molecule has 0 saturated heterocycles. The number of phenolic OH excluding ortho intramolecular Hbond substituents is 2. The monoisotopic (exact) mass is 473 g/mol. The normalized spacial score (nSPS) is 13.3. The molecule has 8 N–H and O–H groups in total. The number of aliphatic carboxylic acids is 2. The molecule has 0 unspecified atom stereocenters. The Kier molecular flexibility index (Phi) is 9.38. The molecule has 11 heteroatoms. The summed E-state index contributed by atoms with van der Waals surface area (Å²) in [5.74, 6) is -4.05. The number of benzene rings is 2. The van der Waals surface area contributed by atoms with Gasteiger partial charge in [-0.1, -0.05) is 24.3 Å². The Hall–Kier alpha value is -4.12. The quantitative estimate of drug-likeness (QED) is 0.224. The summed E-state index contributed by atoms with van der Waals surface area (Å²) >= 11 is 0. The number of carboxylic acids is 2. The second-order valence-electron chi connectivity index (χ2n) is 7.74. The second-order valence-corrected chi connectivity index (χ2v) is 7.74. The van der Waals surface area contributed by atoms with Gasteiger partial charge in [0.25, 0.3) is 0 Å². The molecule has 0 spiro atoms. The summed E-state index contributed by atoms with van der Waals surface area (Å²) in [6, 6.07) is 8.04. The highest BCUT2D eigenvalue weighted by Gasteiger charge is 2.28. The Morgan fingerprint density at radius 3 is 1.68 bits per heavy atom. The number of hydrogen-bond donors (Lipinski definition) is 7. The molecule has 2 aromatic rings. The van der Waals surface area contributed by atoms with Crippen LogP contribution in [0.5, 0.6) is 11.5 Å². The van der Waals surface area contributed by atoms with Gasteiger partial charge in [-0.2, -0.15) is 0 Å². The summed E-state index contributed by atoms with van der Waals surface area (Å²) in [6.45, 7) is 0. The first kappa shape index (κ1) is 26.1. The summed E-state index contributed by atoms with van der Waals surface area (Å²) in [5, 5.41) is 41.9. The molecule has 0 aliphatic carbocycles. The molecule has 0 aromatic heterocycles. The van der Waals surface area contributed by atoms with E-state index in [-0.39, 0.29) is 30.8 Å². The SMILES string of the molecule is N[C@@H](Cc1ccc(O)cc1)C(=O)N[C@@H](CCC(=O)O)C(=O)N[C@@H](Cc1ccc(O)cc1)C(=O)O. The summed E-state index contributed by atoms with van der Waals surface area (Å²) < 4.78 is 0. The fraction of sp³-hybridized carbons (Fsp3) is 0.304. The lowest BCUT2D eigenvalue weighted by molar-refractivity contribution is -0.143. The number of carbonyl (C=O) groups excluding carboxylic acids is 2. The van der Waals surface area contributed by atoms with Crippen molar-refractivity contribution in [3.63, 3.8) is 0 Å². The predicted molar refractivity (Wildman–Crippen MR) is 120 cm³/mol. The third-order valence-corrected chi connectivity index (χ3v) is 5.00. The Morgan fingerprint density at radius 1 is 0.735 bits per heavy atom. The zero-order valence-electron chi connectivity index (χ0n) is 18.2. The third-order valence-electron chi connectivity index (χ3n) is 5.00. The number of carboxylic acid groups (broad SMARTS) is 2. The van der Waals surface area contributed by atoms with Crippen LogP contribution in [0.3, 0.4) is 0 Å². The lowest BCUT2D eigenvalue weighted by Gasteiger charge is -2.23. The van der Waals surface area contributed by atoms with E-state index in [1.165, 1.54) is 36.4 Å². The Balaban J connectivity index is 2.07. The maximum atomic E-state index is 12.8. The smallest absolute Gasteiger partial charge is 0.326 e. The van der Waals surface area contributed by atoms with Gasteiger partial charge in [0.2, 0.25) is 11.8 Å². The molecule has 0 bridgehead atoms. The van der Waals surface area contributed by atoms with E-state index >= 15 is 0 Å². The molecule has 0 fully saturated rings. The molecule has 2 aromatic carbocycles. The zero-order chi connectivity index (χ0) is 25.3. The van der Waals surface area contributed by atoms with Crippen molar-refractivity contribution in [3.05, 3.63) is 59.7 Å². The number of nitrogens with two attached hydrogens (primary N) is 1. The molecule has 11 nitrogen and oxygen atoms in total. The van der Waals surface area contributed by atoms with E-state index in [1.54, 1.807) is 12.1 Å². The lowest BCUT2D eigenvalue weighted by atomic mass is 10.0. The summed E-state index contributed by atoms with van der Waals surface area (Å²) in [6.07, 6.45) is -0.717. The van der Waals surface area contributed by atoms with Gasteiger partial charge >= 0.3 is 11.9 Å². The number of carbonyl (C=O) groups is 4. The molecule has 0 radical (unpaired) electrons. The van der Waals surface area contributed by atoms with Crippen molar-refractivity contribution < 1.29 is 39.6 Å². The van der Waals surface area contributed by atoms with Gasteiger partial charge in [-0.05, 0) is 48.2 Å². The molecule has 0 aliphatic heterocycles. The average molecular weight is 473 g/mol. The van der Waals surface area contributed by atoms with Crippen LogP contribution in [0.1, 0.15) is 24.0 Å². The minimum absolute atomic E-state index is 0.000231. The van der Waals surface area contributed by atoms with Crippen LogP contribution in [0.25, 0.3) is 0 Å². The molecular weight excluding hydrogens is 446 g/mol. The molecule has 34 heavy (non-hydrogen) atoms. The number of hydrogen-bond acceptors (Lipinski definition) is 7. The number of rotatable bonds is 12. The van der Waals surface area contributed by atoms with Crippen molar-refractivity contribution >= 4 is 23.8 Å². The first-order chi connectivity index (χ1) is 16.0. The van der Waals surface area contributed by atoms with Crippen molar-refractivity contribution in [2.45, 2.75) is 43.8 Å². The molecular formula is C23H27N3O8. The number of amides is 2. The minimum atomic E-state index is -1.35. The van der Waals surface area contributed by atoms with Crippen molar-refractivity contribution in [2.75, 3.05) is 0 Å². The molecule has 2 amide bonds. The largest absolute Gasteiger partial charge is 0.508 e. The standard InChI is InChI=1S/C23H27N3O8/c24-17(11-13-1-5-15(27)6-2-13)21(31)25-18(9-10-20(29)30)22(32)26-19(23(33)34)12-14-3-7-16(28)8-4-14/h1-8,17-19,27-28H,9-12,24H2,(H,25,31)(H,26,32)(H,29,30)(H,33,34)/t17-,18-,19-/m0/s1. The first-order valence-electron chi connectivity index (χ1n) is 10.4. The summed E-state index contributed by atoms with van der Waals surface area (Å²) in [5.41, 5.74) is 7.11. The van der Waals surface area contributed by atoms with Gasteiger partial charge < -0.3 is 36.8 Å². The van der Waals surface area contributed by atoms with Gasteiger partial charge in [-0.25, -0.2) is 4.79 Å². The van der Waals surface area contributed by atoms with Crippen LogP contribution in [0.2, 0.25) is 0 Å². The summed E-state index contributed by atoms with van der Waals surface area (Å²) in [7, 11) is 0. The predicted octanol–water partition coefficient (Wildman–Crippen LogP) is 0.129. The number of aromatic hydroxyl groups is 2. The second kappa shape index (κ2) is 12.2. The van der Waals surface area contributed by atoms with Crippen LogP contribution in [-0.2, 0) is 32.0 Å². The van der Waals surface area contributed by atoms with Crippen molar-refractivity contribution in [1.82, 2.24) is 10.6 Å². The van der Waals surface area contributed by atoms with Crippen LogP contribution >= 0.6 is 0 Å². The average Bonchev–Trinajstić information content (AvgIpc) is 2.78. The lowest BCUT2D eigenvalue weighted by Crippen LogP contribution is -2.55. The highest BCUT2D eigenvalue weighted by atomic mass is 16.4. The van der Waals surface area contributed by atoms with Crippen LogP contribution in [-0.4, -0.2) is 62.3 Å². The van der Waals surface area contributed by atoms with Crippen molar-refractivity contribution in [3.8, 4) is 11.5 Å². The van der Waals surface area contributed by atoms with E-state index in [1.807, 2.05) is 0 Å². The van der Waals surface area contributed by atoms with Gasteiger partial charge in [0.05, 0.1) is 6.04 Å². The fourth-order valence-corrected chi connectivity index (χ4v) is 3.13. The van der Waals surface area contributed by atoms with Crippen LogP contribution < -0.4 is 16.4 Å². The molecule has 0 heterocycles. The maximum Gasteiger partial charge on any atom is 0.326 e. The Bertz CT molecular complexity index is 1010. The van der Waals surface area contributed by atoms with E-state index in [0.717, 1.165) is 0 Å². The Morgan fingerprint density at radius 2 is 1.21 bits per heavy atom. The zero-order valence-corrected chi connectivity index (χ0v) is 18.2. The molecule has 2 rings (SSSR count). The fourth-order valence-electron chi connectivity index (χ4n) is 3.13. The van der Waals surface area contributed by atoms with Gasteiger partial charge in [-0.3, -0.25) is 14.4 Å². The van der Waals surface area contributed by atoms with Gasteiger partial charge in [0.1, 0.15) is 23.6 Å². The van der Waals surface area contributed by atoms with Crippen LogP contribution in [0.4, 0.5) is 0 Å². The molecule has 182 valence electrons. The van der Waals surface area contributed by atoms with Gasteiger partial charge in [0.15, 0.2) is 0 Å². The molecule has 0 saturated carbocycles. The van der Waals surface area contributed by atoms with Crippen LogP contribution in [0.15, 0.2) is 48.5 Å². The summed E-state index contributed by atoms with van der Waals surface area (Å²) in [4.78, 5) is 48.0. The van der Waals surface area contributed by atoms with Gasteiger partial charge in [0, 0.05) is 12.8 Å². The highest BCUT2D eigenvalue weighted by Crippen LogP contribution is 2.13. The van der Waals surface area contributed by atoms with Gasteiger partial charge in [-0.15, -0.1) is 0 Å². The van der Waals surface area contributed by atoms with E-state index in [4.69, 9.17) is 10.8 Å². The maximum absolute atomic E-state index is 12.8. The van der Waals surface area contributed by atoms with Crippen LogP contribution in [0, 0.1) is 0 Å². The van der Waals surface area contributed by atoms with Crippen molar-refractivity contribution in [1.29, 1.82) is 0 Å². The van der Waals surface area contributed by atoms with E-state index in [9.17, 15) is 34.5 Å². The van der Waals surface area contributed by atoms with E-state index < -0.39 is 48.3 Å². The van der Waals surface area contributed by atoms with E-state index in [0.29, 0.717) is 11.1 Å². The first-order valence-corrected chi connectivity index (χ1v) is 10.4. The van der Waals surface area contributed by atoms with Crippen molar-refractivity contribution in [2.24, 2.45) is 5.73 Å².